The Morgan fingerprint density at radius 2 is 2.05 bits per heavy atom. The second kappa shape index (κ2) is 6.11. The molecular weight excluding hydrogens is 262 g/mol. The number of nitrogens with one attached hydrogen (secondary N) is 1. The number of carboxylic acids is 1. The van der Waals surface area contributed by atoms with Crippen molar-refractivity contribution in [1.29, 1.82) is 0 Å². The molecular formula is C13H21N3O4. The highest BCUT2D eigenvalue weighted by molar-refractivity contribution is 5.91. The van der Waals surface area contributed by atoms with E-state index < -0.39 is 12.0 Å². The van der Waals surface area contributed by atoms with E-state index in [1.165, 1.54) is 4.90 Å². The highest BCUT2D eigenvalue weighted by Gasteiger charge is 2.37. The summed E-state index contributed by atoms with van der Waals surface area (Å²) in [5.74, 6) is -1.46. The lowest BCUT2D eigenvalue weighted by atomic mass is 10.1. The molecule has 0 aromatic carbocycles. The SMILES string of the molecule is CN(C(=O)N1CCNC(=O)C1CC(=O)O)C1CCCC1. The van der Waals surface area contributed by atoms with E-state index in [2.05, 4.69) is 5.32 Å². The van der Waals surface area contributed by atoms with Gasteiger partial charge in [0.2, 0.25) is 5.91 Å². The molecule has 7 heteroatoms. The lowest BCUT2D eigenvalue weighted by Gasteiger charge is -2.38. The van der Waals surface area contributed by atoms with Gasteiger partial charge in [0.25, 0.3) is 0 Å². The lowest BCUT2D eigenvalue weighted by Crippen LogP contribution is -2.60. The molecule has 1 atom stereocenters. The first-order valence-corrected chi connectivity index (χ1v) is 7.03. The van der Waals surface area contributed by atoms with Crippen molar-refractivity contribution in [2.24, 2.45) is 0 Å². The van der Waals surface area contributed by atoms with Crippen molar-refractivity contribution >= 4 is 17.9 Å². The predicted molar refractivity (Wildman–Crippen MR) is 71.2 cm³/mol. The minimum Gasteiger partial charge on any atom is -0.481 e. The van der Waals surface area contributed by atoms with Crippen molar-refractivity contribution in [2.45, 2.75) is 44.2 Å². The summed E-state index contributed by atoms with van der Waals surface area (Å²) in [5.41, 5.74) is 0. The van der Waals surface area contributed by atoms with Crippen molar-refractivity contribution in [3.63, 3.8) is 0 Å². The average molecular weight is 283 g/mol. The van der Waals surface area contributed by atoms with E-state index in [-0.39, 0.29) is 24.4 Å². The maximum atomic E-state index is 12.5. The molecule has 1 aliphatic carbocycles. The zero-order valence-electron chi connectivity index (χ0n) is 11.7. The molecule has 0 aromatic rings. The van der Waals surface area contributed by atoms with E-state index in [9.17, 15) is 14.4 Å². The number of carbonyl (C=O) groups is 3. The van der Waals surface area contributed by atoms with Crippen molar-refractivity contribution in [1.82, 2.24) is 15.1 Å². The molecule has 2 aliphatic rings. The Morgan fingerprint density at radius 3 is 2.65 bits per heavy atom. The topological polar surface area (TPSA) is 90.0 Å². The largest absolute Gasteiger partial charge is 0.481 e. The molecule has 1 aliphatic heterocycles. The number of urea groups is 1. The van der Waals surface area contributed by atoms with E-state index in [1.54, 1.807) is 11.9 Å². The standard InChI is InChI=1S/C13H21N3O4/c1-15(9-4-2-3-5-9)13(20)16-7-6-14-12(19)10(16)8-11(17)18/h9-10H,2-8H2,1H3,(H,14,19)(H,17,18). The van der Waals surface area contributed by atoms with E-state index >= 15 is 0 Å². The minimum atomic E-state index is -1.08. The van der Waals surface area contributed by atoms with Crippen LogP contribution in [0.2, 0.25) is 0 Å². The first kappa shape index (κ1) is 14.6. The van der Waals surface area contributed by atoms with Crippen LogP contribution in [-0.4, -0.2) is 65.0 Å². The second-order valence-corrected chi connectivity index (χ2v) is 5.43. The van der Waals surface area contributed by atoms with Crippen LogP contribution in [0.4, 0.5) is 4.79 Å². The van der Waals surface area contributed by atoms with Gasteiger partial charge in [-0.25, -0.2) is 4.79 Å². The van der Waals surface area contributed by atoms with Gasteiger partial charge in [-0.3, -0.25) is 9.59 Å². The first-order valence-electron chi connectivity index (χ1n) is 7.03. The Labute approximate surface area is 117 Å². The van der Waals surface area contributed by atoms with Crippen LogP contribution in [0.25, 0.3) is 0 Å². The molecule has 2 N–H and O–H groups in total. The average Bonchev–Trinajstić information content (AvgIpc) is 2.93. The zero-order valence-corrected chi connectivity index (χ0v) is 11.7. The van der Waals surface area contributed by atoms with Crippen LogP contribution in [0, 0.1) is 0 Å². The number of rotatable bonds is 3. The van der Waals surface area contributed by atoms with Gasteiger partial charge in [-0.2, -0.15) is 0 Å². The summed E-state index contributed by atoms with van der Waals surface area (Å²) in [6.45, 7) is 0.735. The summed E-state index contributed by atoms with van der Waals surface area (Å²) in [7, 11) is 1.74. The van der Waals surface area contributed by atoms with Crippen LogP contribution < -0.4 is 5.32 Å². The summed E-state index contributed by atoms with van der Waals surface area (Å²) in [6, 6.07) is -0.937. The number of hydrogen-bond acceptors (Lipinski definition) is 3. The van der Waals surface area contributed by atoms with Gasteiger partial charge in [0.05, 0.1) is 6.42 Å². The van der Waals surface area contributed by atoms with Gasteiger partial charge in [0, 0.05) is 26.2 Å². The molecule has 1 unspecified atom stereocenters. The van der Waals surface area contributed by atoms with Crippen LogP contribution in [-0.2, 0) is 9.59 Å². The van der Waals surface area contributed by atoms with E-state index in [1.807, 2.05) is 0 Å². The molecule has 0 spiro atoms. The highest BCUT2D eigenvalue weighted by atomic mass is 16.4. The summed E-state index contributed by atoms with van der Waals surface area (Å²) >= 11 is 0. The molecule has 0 bridgehead atoms. The molecule has 0 radical (unpaired) electrons. The summed E-state index contributed by atoms with van der Waals surface area (Å²) in [4.78, 5) is 38.2. The molecule has 2 fully saturated rings. The van der Waals surface area contributed by atoms with Gasteiger partial charge in [0.1, 0.15) is 6.04 Å². The summed E-state index contributed by atoms with van der Waals surface area (Å²) in [6.07, 6.45) is 3.83. The van der Waals surface area contributed by atoms with Crippen LogP contribution in [0.15, 0.2) is 0 Å². The fourth-order valence-corrected chi connectivity index (χ4v) is 2.96. The number of nitrogens with zero attached hydrogens (tertiary/aromatic N) is 2. The van der Waals surface area contributed by atoms with Gasteiger partial charge in [-0.15, -0.1) is 0 Å². The smallest absolute Gasteiger partial charge is 0.320 e. The fraction of sp³-hybridized carbons (Fsp3) is 0.769. The normalized spacial score (nSPS) is 23.6. The van der Waals surface area contributed by atoms with E-state index in [4.69, 9.17) is 5.11 Å². The monoisotopic (exact) mass is 283 g/mol. The number of carboxylic acid groups (broad SMARTS) is 1. The zero-order chi connectivity index (χ0) is 14.7. The summed E-state index contributed by atoms with van der Waals surface area (Å²) < 4.78 is 0. The fourth-order valence-electron chi connectivity index (χ4n) is 2.96. The number of hydrogen-bond donors (Lipinski definition) is 2. The minimum absolute atomic E-state index is 0.206. The van der Waals surface area contributed by atoms with Crippen molar-refractivity contribution in [3.8, 4) is 0 Å². The molecule has 3 amide bonds. The maximum Gasteiger partial charge on any atom is 0.320 e. The van der Waals surface area contributed by atoms with E-state index in [0.29, 0.717) is 13.1 Å². The van der Waals surface area contributed by atoms with Gasteiger partial charge < -0.3 is 20.2 Å². The first-order chi connectivity index (χ1) is 9.50. The summed E-state index contributed by atoms with van der Waals surface area (Å²) in [5, 5.41) is 11.5. The molecule has 1 saturated carbocycles. The molecule has 1 heterocycles. The van der Waals surface area contributed by atoms with Crippen molar-refractivity contribution in [2.75, 3.05) is 20.1 Å². The van der Waals surface area contributed by atoms with Gasteiger partial charge in [-0.05, 0) is 12.8 Å². The molecule has 2 rings (SSSR count). The number of piperazine rings is 1. The Bertz CT molecular complexity index is 406. The van der Waals surface area contributed by atoms with Gasteiger partial charge in [0.15, 0.2) is 0 Å². The third-order valence-electron chi connectivity index (χ3n) is 4.12. The van der Waals surface area contributed by atoms with Crippen LogP contribution in [0.1, 0.15) is 32.1 Å². The highest BCUT2D eigenvalue weighted by Crippen LogP contribution is 2.24. The van der Waals surface area contributed by atoms with Crippen LogP contribution >= 0.6 is 0 Å². The number of carbonyl (C=O) groups excluding carboxylic acids is 2. The van der Waals surface area contributed by atoms with Gasteiger partial charge in [-0.1, -0.05) is 12.8 Å². The van der Waals surface area contributed by atoms with Crippen molar-refractivity contribution < 1.29 is 19.5 Å². The Balaban J connectivity index is 2.08. The Hall–Kier alpha value is -1.79. The quantitative estimate of drug-likeness (QED) is 0.777. The molecule has 20 heavy (non-hydrogen) atoms. The molecule has 0 aromatic heterocycles. The van der Waals surface area contributed by atoms with Crippen LogP contribution in [0.5, 0.6) is 0 Å². The Kier molecular flexibility index (Phi) is 4.46. The number of amides is 3. The van der Waals surface area contributed by atoms with Crippen molar-refractivity contribution in [3.05, 3.63) is 0 Å². The second-order valence-electron chi connectivity index (χ2n) is 5.43. The number of aliphatic carboxylic acids is 1. The predicted octanol–water partition coefficient (Wildman–Crippen LogP) is 0.256. The van der Waals surface area contributed by atoms with E-state index in [0.717, 1.165) is 25.7 Å². The lowest BCUT2D eigenvalue weighted by molar-refractivity contribution is -0.142. The van der Waals surface area contributed by atoms with Crippen LogP contribution in [0.3, 0.4) is 0 Å². The van der Waals surface area contributed by atoms with Gasteiger partial charge >= 0.3 is 12.0 Å². The Morgan fingerprint density at radius 1 is 1.40 bits per heavy atom. The molecule has 112 valence electrons. The maximum absolute atomic E-state index is 12.5. The molecule has 1 saturated heterocycles. The third kappa shape index (κ3) is 3.02. The third-order valence-corrected chi connectivity index (χ3v) is 4.12. The molecule has 7 nitrogen and oxygen atoms in total.